The smallest absolute Gasteiger partial charge is 0.228 e. The number of anilines is 1. The number of aromatic nitrogens is 4. The number of hydrogen-bond acceptors (Lipinski definition) is 7. The molecule has 2 aromatic heterocycles. The molecule has 2 aromatic rings. The van der Waals surface area contributed by atoms with Crippen LogP contribution in [0.15, 0.2) is 16.8 Å². The molecule has 0 aliphatic heterocycles. The van der Waals surface area contributed by atoms with E-state index in [1.54, 1.807) is 12.3 Å². The maximum Gasteiger partial charge on any atom is 0.228 e. The summed E-state index contributed by atoms with van der Waals surface area (Å²) in [6.45, 7) is 3.15. The molecular formula is C13H17N5O2. The van der Waals surface area contributed by atoms with Gasteiger partial charge in [0.15, 0.2) is 5.82 Å². The Morgan fingerprint density at radius 3 is 3.10 bits per heavy atom. The summed E-state index contributed by atoms with van der Waals surface area (Å²) in [6.07, 6.45) is 4.67. The van der Waals surface area contributed by atoms with Crippen molar-refractivity contribution in [3.63, 3.8) is 0 Å². The summed E-state index contributed by atoms with van der Waals surface area (Å²) >= 11 is 0. The van der Waals surface area contributed by atoms with Gasteiger partial charge in [-0.3, -0.25) is 0 Å². The Labute approximate surface area is 116 Å². The van der Waals surface area contributed by atoms with Gasteiger partial charge in [-0.05, 0) is 19.8 Å². The summed E-state index contributed by atoms with van der Waals surface area (Å²) < 4.78 is 10.5. The molecule has 0 bridgehead atoms. The normalized spacial score (nSPS) is 14.2. The van der Waals surface area contributed by atoms with Gasteiger partial charge in [0.2, 0.25) is 17.7 Å². The van der Waals surface area contributed by atoms with Crippen LogP contribution >= 0.6 is 0 Å². The summed E-state index contributed by atoms with van der Waals surface area (Å²) in [6, 6.07) is 1.73. The van der Waals surface area contributed by atoms with E-state index in [1.807, 2.05) is 6.92 Å². The highest BCUT2D eigenvalue weighted by atomic mass is 16.5. The Balaban J connectivity index is 1.49. The second kappa shape index (κ2) is 5.85. The molecule has 1 saturated carbocycles. The van der Waals surface area contributed by atoms with E-state index >= 15 is 0 Å². The average Bonchev–Trinajstić information content (AvgIpc) is 3.20. The van der Waals surface area contributed by atoms with E-state index in [2.05, 4.69) is 25.4 Å². The first-order valence-corrected chi connectivity index (χ1v) is 6.87. The van der Waals surface area contributed by atoms with Gasteiger partial charge < -0.3 is 14.6 Å². The molecule has 0 saturated heterocycles. The van der Waals surface area contributed by atoms with Gasteiger partial charge in [-0.25, -0.2) is 4.98 Å². The van der Waals surface area contributed by atoms with Crippen LogP contribution in [0.4, 0.5) is 5.95 Å². The molecule has 7 heteroatoms. The number of nitrogens with zero attached hydrogens (tertiary/aromatic N) is 4. The van der Waals surface area contributed by atoms with Crippen LogP contribution in [0.2, 0.25) is 0 Å². The molecule has 7 nitrogen and oxygen atoms in total. The lowest BCUT2D eigenvalue weighted by atomic mass is 10.4. The van der Waals surface area contributed by atoms with Gasteiger partial charge >= 0.3 is 0 Å². The first-order chi connectivity index (χ1) is 9.85. The SMILES string of the molecule is CCOc1ccnc(NCCc2nc(C3CC3)no2)n1. The molecule has 1 N–H and O–H groups in total. The second-order valence-electron chi connectivity index (χ2n) is 4.65. The van der Waals surface area contributed by atoms with Crippen LogP contribution in [0, 0.1) is 0 Å². The minimum Gasteiger partial charge on any atom is -0.478 e. The summed E-state index contributed by atoms with van der Waals surface area (Å²) in [4.78, 5) is 12.7. The largest absolute Gasteiger partial charge is 0.478 e. The van der Waals surface area contributed by atoms with Gasteiger partial charge in [-0.2, -0.15) is 9.97 Å². The van der Waals surface area contributed by atoms with Crippen molar-refractivity contribution >= 4 is 5.95 Å². The van der Waals surface area contributed by atoms with E-state index in [-0.39, 0.29) is 0 Å². The van der Waals surface area contributed by atoms with Crippen LogP contribution in [0.1, 0.15) is 37.4 Å². The van der Waals surface area contributed by atoms with Crippen molar-refractivity contribution in [1.82, 2.24) is 20.1 Å². The minimum absolute atomic E-state index is 0.520. The highest BCUT2D eigenvalue weighted by Crippen LogP contribution is 2.38. The summed E-state index contributed by atoms with van der Waals surface area (Å²) in [5.74, 6) is 3.12. The summed E-state index contributed by atoms with van der Waals surface area (Å²) in [5, 5.41) is 7.09. The lowest BCUT2D eigenvalue weighted by molar-refractivity contribution is 0.326. The molecule has 2 heterocycles. The third-order valence-corrected chi connectivity index (χ3v) is 2.97. The fourth-order valence-electron chi connectivity index (χ4n) is 1.81. The van der Waals surface area contributed by atoms with Crippen LogP contribution in [-0.4, -0.2) is 33.3 Å². The Hall–Kier alpha value is -2.18. The Bertz CT molecular complexity index is 567. The van der Waals surface area contributed by atoms with Crippen LogP contribution in [0.25, 0.3) is 0 Å². The molecule has 0 atom stereocenters. The zero-order chi connectivity index (χ0) is 13.8. The number of nitrogens with one attached hydrogen (secondary N) is 1. The molecule has 1 aliphatic rings. The van der Waals surface area contributed by atoms with Crippen molar-refractivity contribution in [1.29, 1.82) is 0 Å². The Morgan fingerprint density at radius 1 is 1.40 bits per heavy atom. The van der Waals surface area contributed by atoms with E-state index in [0.29, 0.717) is 43.2 Å². The molecule has 0 unspecified atom stereocenters. The van der Waals surface area contributed by atoms with Crippen molar-refractivity contribution in [2.45, 2.75) is 32.1 Å². The van der Waals surface area contributed by atoms with E-state index in [1.165, 1.54) is 12.8 Å². The molecule has 1 aliphatic carbocycles. The monoisotopic (exact) mass is 275 g/mol. The quantitative estimate of drug-likeness (QED) is 0.824. The molecule has 0 amide bonds. The van der Waals surface area contributed by atoms with Crippen LogP contribution in [0.5, 0.6) is 5.88 Å². The third-order valence-electron chi connectivity index (χ3n) is 2.97. The fraction of sp³-hybridized carbons (Fsp3) is 0.538. The van der Waals surface area contributed by atoms with Crippen molar-refractivity contribution in [3.8, 4) is 5.88 Å². The third kappa shape index (κ3) is 3.23. The zero-order valence-electron chi connectivity index (χ0n) is 11.4. The number of hydrogen-bond donors (Lipinski definition) is 1. The first kappa shape index (κ1) is 12.8. The van der Waals surface area contributed by atoms with Crippen molar-refractivity contribution in [2.75, 3.05) is 18.5 Å². The van der Waals surface area contributed by atoms with E-state index in [9.17, 15) is 0 Å². The lowest BCUT2D eigenvalue weighted by Crippen LogP contribution is -2.08. The second-order valence-corrected chi connectivity index (χ2v) is 4.65. The van der Waals surface area contributed by atoms with E-state index < -0.39 is 0 Å². The zero-order valence-corrected chi connectivity index (χ0v) is 11.4. The van der Waals surface area contributed by atoms with Crippen LogP contribution in [-0.2, 0) is 6.42 Å². The predicted octanol–water partition coefficient (Wildman–Crippen LogP) is 1.79. The van der Waals surface area contributed by atoms with Crippen LogP contribution in [0.3, 0.4) is 0 Å². The lowest BCUT2D eigenvalue weighted by Gasteiger charge is -2.05. The summed E-state index contributed by atoms with van der Waals surface area (Å²) in [7, 11) is 0. The first-order valence-electron chi connectivity index (χ1n) is 6.87. The van der Waals surface area contributed by atoms with Crippen molar-refractivity contribution in [3.05, 3.63) is 24.0 Å². The van der Waals surface area contributed by atoms with Crippen molar-refractivity contribution < 1.29 is 9.26 Å². The van der Waals surface area contributed by atoms with Gasteiger partial charge in [0.25, 0.3) is 0 Å². The number of rotatable bonds is 7. The molecule has 0 radical (unpaired) electrons. The predicted molar refractivity (Wildman–Crippen MR) is 71.7 cm³/mol. The highest BCUT2D eigenvalue weighted by molar-refractivity contribution is 5.27. The van der Waals surface area contributed by atoms with E-state index in [4.69, 9.17) is 9.26 Å². The molecule has 20 heavy (non-hydrogen) atoms. The molecule has 0 spiro atoms. The Morgan fingerprint density at radius 2 is 2.30 bits per heavy atom. The summed E-state index contributed by atoms with van der Waals surface area (Å²) in [5.41, 5.74) is 0. The van der Waals surface area contributed by atoms with Crippen molar-refractivity contribution in [2.24, 2.45) is 0 Å². The molecule has 3 rings (SSSR count). The molecule has 0 aromatic carbocycles. The number of ether oxygens (including phenoxy) is 1. The Kier molecular flexibility index (Phi) is 3.76. The van der Waals surface area contributed by atoms with Gasteiger partial charge in [-0.1, -0.05) is 5.16 Å². The molecule has 106 valence electrons. The van der Waals surface area contributed by atoms with E-state index in [0.717, 1.165) is 5.82 Å². The maximum absolute atomic E-state index is 5.32. The topological polar surface area (TPSA) is 86.0 Å². The molecule has 1 fully saturated rings. The van der Waals surface area contributed by atoms with Gasteiger partial charge in [0, 0.05) is 31.1 Å². The standard InChI is InChI=1S/C13H17N5O2/c1-2-19-10-5-7-14-13(17-10)15-8-6-11-16-12(18-20-11)9-3-4-9/h5,7,9H,2-4,6,8H2,1H3,(H,14,15,17). The maximum atomic E-state index is 5.32. The minimum atomic E-state index is 0.520. The highest BCUT2D eigenvalue weighted by Gasteiger charge is 2.28. The van der Waals surface area contributed by atoms with Gasteiger partial charge in [0.05, 0.1) is 6.61 Å². The molecular weight excluding hydrogens is 258 g/mol. The average molecular weight is 275 g/mol. The fourth-order valence-corrected chi connectivity index (χ4v) is 1.81. The van der Waals surface area contributed by atoms with Gasteiger partial charge in [0.1, 0.15) is 0 Å². The van der Waals surface area contributed by atoms with Gasteiger partial charge in [-0.15, -0.1) is 0 Å². The van der Waals surface area contributed by atoms with Crippen LogP contribution < -0.4 is 10.1 Å².